The van der Waals surface area contributed by atoms with Crippen molar-refractivity contribution in [3.63, 3.8) is 0 Å². The molecule has 1 rings (SSSR count). The molecule has 0 aliphatic heterocycles. The molecule has 0 saturated heterocycles. The summed E-state index contributed by atoms with van der Waals surface area (Å²) in [4.78, 5) is 0. The molecule has 0 amide bonds. The summed E-state index contributed by atoms with van der Waals surface area (Å²) in [6, 6.07) is 2.16. The molecule has 0 unspecified atom stereocenters. The number of halogens is 1. The SMILES string of the molecule is OCCCCCCNCc1csc(Br)c1. The van der Waals surface area contributed by atoms with E-state index in [9.17, 15) is 0 Å². The van der Waals surface area contributed by atoms with Gasteiger partial charge in [0.15, 0.2) is 0 Å². The number of thiophene rings is 1. The molecular weight excluding hydrogens is 274 g/mol. The van der Waals surface area contributed by atoms with Crippen LogP contribution >= 0.6 is 27.3 Å². The summed E-state index contributed by atoms with van der Waals surface area (Å²) in [5, 5.41) is 14.2. The van der Waals surface area contributed by atoms with Crippen LogP contribution in [0.1, 0.15) is 31.2 Å². The lowest BCUT2D eigenvalue weighted by atomic mass is 10.2. The number of hydrogen-bond donors (Lipinski definition) is 2. The molecular formula is C11H18BrNOS. The standard InChI is InChI=1S/C11H18BrNOS/c12-11-7-10(9-15-11)8-13-5-3-1-2-4-6-14/h7,9,13-14H,1-6,8H2. The number of rotatable bonds is 8. The zero-order chi connectivity index (χ0) is 10.9. The first kappa shape index (κ1) is 13.2. The fourth-order valence-corrected chi connectivity index (χ4v) is 2.60. The highest BCUT2D eigenvalue weighted by Crippen LogP contribution is 2.20. The maximum atomic E-state index is 8.60. The fraction of sp³-hybridized carbons (Fsp3) is 0.636. The zero-order valence-corrected chi connectivity index (χ0v) is 11.2. The largest absolute Gasteiger partial charge is 0.396 e. The van der Waals surface area contributed by atoms with Gasteiger partial charge < -0.3 is 10.4 Å². The van der Waals surface area contributed by atoms with E-state index >= 15 is 0 Å². The Bertz CT molecular complexity index is 265. The first-order valence-electron chi connectivity index (χ1n) is 5.37. The van der Waals surface area contributed by atoms with Crippen molar-refractivity contribution in [2.45, 2.75) is 32.2 Å². The Kier molecular flexibility index (Phi) is 7.26. The second kappa shape index (κ2) is 8.28. The van der Waals surface area contributed by atoms with E-state index in [1.165, 1.54) is 22.2 Å². The highest BCUT2D eigenvalue weighted by Gasteiger charge is 1.96. The van der Waals surface area contributed by atoms with E-state index in [0.717, 1.165) is 25.9 Å². The van der Waals surface area contributed by atoms with Crippen molar-refractivity contribution >= 4 is 27.3 Å². The van der Waals surface area contributed by atoms with Crippen molar-refractivity contribution < 1.29 is 5.11 Å². The summed E-state index contributed by atoms with van der Waals surface area (Å²) < 4.78 is 1.20. The molecule has 0 aromatic carbocycles. The normalized spacial score (nSPS) is 10.8. The molecule has 0 aliphatic carbocycles. The quantitative estimate of drug-likeness (QED) is 0.721. The third-order valence-electron chi connectivity index (χ3n) is 2.21. The first-order valence-corrected chi connectivity index (χ1v) is 7.04. The van der Waals surface area contributed by atoms with Crippen molar-refractivity contribution in [1.82, 2.24) is 5.32 Å². The Balaban J connectivity index is 1.93. The molecule has 4 heteroatoms. The lowest BCUT2D eigenvalue weighted by Crippen LogP contribution is -2.14. The number of unbranched alkanes of at least 4 members (excludes halogenated alkanes) is 3. The molecule has 1 aromatic rings. The Morgan fingerprint density at radius 3 is 2.73 bits per heavy atom. The molecule has 0 atom stereocenters. The predicted molar refractivity (Wildman–Crippen MR) is 69.3 cm³/mol. The van der Waals surface area contributed by atoms with E-state index in [2.05, 4.69) is 32.7 Å². The van der Waals surface area contributed by atoms with Gasteiger partial charge >= 0.3 is 0 Å². The van der Waals surface area contributed by atoms with Gasteiger partial charge in [0.2, 0.25) is 0 Å². The number of aliphatic hydroxyl groups is 1. The van der Waals surface area contributed by atoms with E-state index < -0.39 is 0 Å². The van der Waals surface area contributed by atoms with E-state index in [0.29, 0.717) is 6.61 Å². The minimum absolute atomic E-state index is 0.330. The molecule has 0 radical (unpaired) electrons. The van der Waals surface area contributed by atoms with Gasteiger partial charge in [0.05, 0.1) is 3.79 Å². The van der Waals surface area contributed by atoms with Gasteiger partial charge in [-0.2, -0.15) is 0 Å². The van der Waals surface area contributed by atoms with E-state index in [-0.39, 0.29) is 0 Å². The van der Waals surface area contributed by atoms with Crippen LogP contribution in [0.5, 0.6) is 0 Å². The fourth-order valence-electron chi connectivity index (χ4n) is 1.39. The van der Waals surface area contributed by atoms with Crippen LogP contribution in [0.3, 0.4) is 0 Å². The monoisotopic (exact) mass is 291 g/mol. The second-order valence-corrected chi connectivity index (χ2v) is 5.86. The van der Waals surface area contributed by atoms with Gasteiger partial charge in [-0.05, 0) is 52.3 Å². The zero-order valence-electron chi connectivity index (χ0n) is 8.84. The van der Waals surface area contributed by atoms with Crippen LogP contribution in [0.4, 0.5) is 0 Å². The average molecular weight is 292 g/mol. The van der Waals surface area contributed by atoms with E-state index in [1.54, 1.807) is 11.3 Å². The van der Waals surface area contributed by atoms with Gasteiger partial charge in [-0.3, -0.25) is 0 Å². The highest BCUT2D eigenvalue weighted by molar-refractivity contribution is 9.11. The molecule has 0 spiro atoms. The Hall–Kier alpha value is 0.100. The predicted octanol–water partition coefficient (Wildman–Crippen LogP) is 3.15. The third kappa shape index (κ3) is 6.30. The van der Waals surface area contributed by atoms with Crippen molar-refractivity contribution in [3.8, 4) is 0 Å². The van der Waals surface area contributed by atoms with Crippen LogP contribution in [0.25, 0.3) is 0 Å². The van der Waals surface area contributed by atoms with Crippen molar-refractivity contribution in [2.24, 2.45) is 0 Å². The van der Waals surface area contributed by atoms with Gasteiger partial charge in [0.25, 0.3) is 0 Å². The summed E-state index contributed by atoms with van der Waals surface area (Å²) in [5.41, 5.74) is 1.35. The molecule has 0 aliphatic rings. The average Bonchev–Trinajstić information content (AvgIpc) is 2.63. The Morgan fingerprint density at radius 1 is 1.27 bits per heavy atom. The number of nitrogens with one attached hydrogen (secondary N) is 1. The molecule has 2 N–H and O–H groups in total. The smallest absolute Gasteiger partial charge is 0.0701 e. The minimum atomic E-state index is 0.330. The Labute approximate surface area is 104 Å². The van der Waals surface area contributed by atoms with Crippen molar-refractivity contribution in [1.29, 1.82) is 0 Å². The molecule has 86 valence electrons. The molecule has 1 heterocycles. The molecule has 0 saturated carbocycles. The van der Waals surface area contributed by atoms with Crippen LogP contribution in [-0.2, 0) is 6.54 Å². The highest BCUT2D eigenvalue weighted by atomic mass is 79.9. The second-order valence-electron chi connectivity index (χ2n) is 3.57. The number of aliphatic hydroxyl groups excluding tert-OH is 1. The van der Waals surface area contributed by atoms with Crippen LogP contribution in [0.2, 0.25) is 0 Å². The summed E-state index contributed by atoms with van der Waals surface area (Å²) in [7, 11) is 0. The maximum Gasteiger partial charge on any atom is 0.0701 e. The lowest BCUT2D eigenvalue weighted by molar-refractivity contribution is 0.282. The molecule has 0 fully saturated rings. The van der Waals surface area contributed by atoms with E-state index in [1.807, 2.05) is 0 Å². The number of hydrogen-bond acceptors (Lipinski definition) is 3. The molecule has 1 aromatic heterocycles. The Morgan fingerprint density at radius 2 is 2.07 bits per heavy atom. The van der Waals surface area contributed by atoms with E-state index in [4.69, 9.17) is 5.11 Å². The van der Waals surface area contributed by atoms with Crippen molar-refractivity contribution in [2.75, 3.05) is 13.2 Å². The minimum Gasteiger partial charge on any atom is -0.396 e. The van der Waals surface area contributed by atoms with Gasteiger partial charge in [0, 0.05) is 13.2 Å². The molecule has 2 nitrogen and oxygen atoms in total. The third-order valence-corrected chi connectivity index (χ3v) is 3.77. The lowest BCUT2D eigenvalue weighted by Gasteiger charge is -2.02. The van der Waals surface area contributed by atoms with Crippen LogP contribution < -0.4 is 5.32 Å². The first-order chi connectivity index (χ1) is 7.33. The van der Waals surface area contributed by atoms with Crippen LogP contribution in [-0.4, -0.2) is 18.3 Å². The topological polar surface area (TPSA) is 32.3 Å². The summed E-state index contributed by atoms with van der Waals surface area (Å²) in [5.74, 6) is 0. The van der Waals surface area contributed by atoms with Gasteiger partial charge in [-0.15, -0.1) is 11.3 Å². The van der Waals surface area contributed by atoms with Crippen molar-refractivity contribution in [3.05, 3.63) is 20.8 Å². The van der Waals surface area contributed by atoms with Crippen LogP contribution in [0.15, 0.2) is 15.2 Å². The van der Waals surface area contributed by atoms with Gasteiger partial charge in [-0.1, -0.05) is 12.8 Å². The van der Waals surface area contributed by atoms with Gasteiger partial charge in [0.1, 0.15) is 0 Å². The van der Waals surface area contributed by atoms with Gasteiger partial charge in [-0.25, -0.2) is 0 Å². The maximum absolute atomic E-state index is 8.60. The summed E-state index contributed by atoms with van der Waals surface area (Å²) in [6.45, 7) is 2.36. The molecule has 0 bridgehead atoms. The summed E-state index contributed by atoms with van der Waals surface area (Å²) >= 11 is 5.18. The summed E-state index contributed by atoms with van der Waals surface area (Å²) in [6.07, 6.45) is 4.49. The van der Waals surface area contributed by atoms with Crippen LogP contribution in [0, 0.1) is 0 Å². The molecule has 15 heavy (non-hydrogen) atoms.